The van der Waals surface area contributed by atoms with Gasteiger partial charge in [-0.3, -0.25) is 9.36 Å². The molecule has 2 aromatic carbocycles. The second-order valence-corrected chi connectivity index (χ2v) is 8.15. The molecular formula is C22H19FN4O2S. The number of halogens is 1. The summed E-state index contributed by atoms with van der Waals surface area (Å²) in [5.41, 5.74) is 2.27. The molecule has 0 radical (unpaired) electrons. The third-order valence-corrected chi connectivity index (χ3v) is 6.14. The number of ether oxygens (including phenoxy) is 1. The van der Waals surface area contributed by atoms with Crippen LogP contribution < -0.4 is 4.74 Å². The number of rotatable bonds is 7. The summed E-state index contributed by atoms with van der Waals surface area (Å²) < 4.78 is 21.0. The molecule has 1 saturated carbocycles. The smallest absolute Gasteiger partial charge is 0.192 e. The van der Waals surface area contributed by atoms with Gasteiger partial charge in [0.25, 0.3) is 0 Å². The number of carbonyl (C=O) groups is 1. The van der Waals surface area contributed by atoms with Gasteiger partial charge in [-0.05, 0) is 37.1 Å². The number of carbonyl (C=O) groups excluding carboxylic acids is 1. The molecule has 1 aliphatic carbocycles. The van der Waals surface area contributed by atoms with Crippen LogP contribution in [0.1, 0.15) is 29.2 Å². The molecule has 0 aliphatic heterocycles. The number of hydrogen-bond donors (Lipinski definition) is 1. The molecule has 0 amide bonds. The van der Waals surface area contributed by atoms with Crippen LogP contribution in [0.25, 0.3) is 22.3 Å². The molecule has 6 nitrogen and oxygen atoms in total. The molecule has 0 spiro atoms. The fourth-order valence-corrected chi connectivity index (χ4v) is 4.47. The Labute approximate surface area is 176 Å². The number of methoxy groups -OCH3 is 1. The highest BCUT2D eigenvalue weighted by Gasteiger charge is 2.31. The highest BCUT2D eigenvalue weighted by Crippen LogP contribution is 2.42. The van der Waals surface area contributed by atoms with Crippen molar-refractivity contribution in [2.45, 2.75) is 24.0 Å². The number of benzene rings is 2. The molecule has 1 aliphatic rings. The van der Waals surface area contributed by atoms with Crippen molar-refractivity contribution < 1.29 is 13.9 Å². The van der Waals surface area contributed by atoms with Crippen LogP contribution in [0.15, 0.2) is 53.8 Å². The van der Waals surface area contributed by atoms with Gasteiger partial charge >= 0.3 is 0 Å². The second kappa shape index (κ2) is 7.60. The molecule has 4 aromatic rings. The maximum Gasteiger partial charge on any atom is 0.192 e. The molecule has 0 bridgehead atoms. The summed E-state index contributed by atoms with van der Waals surface area (Å²) >= 11 is 1.32. The number of aromatic amines is 1. The molecule has 0 unspecified atom stereocenters. The van der Waals surface area contributed by atoms with Crippen LogP contribution in [0.3, 0.4) is 0 Å². The highest BCUT2D eigenvalue weighted by molar-refractivity contribution is 7.99. The Morgan fingerprint density at radius 3 is 2.90 bits per heavy atom. The number of aromatic nitrogens is 4. The van der Waals surface area contributed by atoms with Crippen LogP contribution in [0.5, 0.6) is 5.75 Å². The highest BCUT2D eigenvalue weighted by atomic mass is 32.2. The monoisotopic (exact) mass is 422 g/mol. The Hall–Kier alpha value is -3.13. The number of ketones is 1. The van der Waals surface area contributed by atoms with E-state index in [4.69, 9.17) is 4.74 Å². The minimum absolute atomic E-state index is 0.124. The van der Waals surface area contributed by atoms with Crippen molar-refractivity contribution in [1.82, 2.24) is 19.7 Å². The number of fused-ring (bicyclic) bond motifs is 1. The fraction of sp³-hybridized carbons (Fsp3) is 0.227. The largest absolute Gasteiger partial charge is 0.496 e. The van der Waals surface area contributed by atoms with Crippen LogP contribution in [0.4, 0.5) is 4.39 Å². The van der Waals surface area contributed by atoms with E-state index >= 15 is 0 Å². The summed E-state index contributed by atoms with van der Waals surface area (Å²) in [6.45, 7) is 0. The van der Waals surface area contributed by atoms with Gasteiger partial charge in [0.1, 0.15) is 11.6 Å². The quantitative estimate of drug-likeness (QED) is 0.339. The van der Waals surface area contributed by atoms with Crippen LogP contribution in [-0.2, 0) is 0 Å². The van der Waals surface area contributed by atoms with E-state index in [1.165, 1.54) is 37.1 Å². The maximum absolute atomic E-state index is 13.6. The van der Waals surface area contributed by atoms with E-state index in [-0.39, 0.29) is 17.1 Å². The first-order valence-corrected chi connectivity index (χ1v) is 10.6. The average Bonchev–Trinajstić information content (AvgIpc) is 3.38. The van der Waals surface area contributed by atoms with E-state index in [1.807, 2.05) is 24.4 Å². The Morgan fingerprint density at radius 2 is 2.10 bits per heavy atom. The minimum Gasteiger partial charge on any atom is -0.496 e. The van der Waals surface area contributed by atoms with Crippen LogP contribution in [0.2, 0.25) is 0 Å². The number of nitrogens with zero attached hydrogens (tertiary/aromatic N) is 3. The SMILES string of the molecule is COc1ccc(F)cc1C(=O)CSc1nnc(-c2c[nH]c3ccccc23)n1C1CC1. The zero-order chi connectivity index (χ0) is 20.7. The van der Waals surface area contributed by atoms with Gasteiger partial charge in [0, 0.05) is 28.7 Å². The molecular weight excluding hydrogens is 403 g/mol. The van der Waals surface area contributed by atoms with E-state index < -0.39 is 5.82 Å². The van der Waals surface area contributed by atoms with E-state index in [0.29, 0.717) is 16.9 Å². The van der Waals surface area contributed by atoms with Crippen molar-refractivity contribution in [1.29, 1.82) is 0 Å². The third kappa shape index (κ3) is 3.37. The van der Waals surface area contributed by atoms with Gasteiger partial charge < -0.3 is 9.72 Å². The number of Topliss-reactive ketones (excluding diaryl/α,β-unsaturated/α-hetero) is 1. The van der Waals surface area contributed by atoms with Crippen molar-refractivity contribution >= 4 is 28.4 Å². The van der Waals surface area contributed by atoms with Crippen LogP contribution in [0, 0.1) is 5.82 Å². The molecule has 30 heavy (non-hydrogen) atoms. The zero-order valence-electron chi connectivity index (χ0n) is 16.3. The summed E-state index contributed by atoms with van der Waals surface area (Å²) in [5.74, 6) is 0.610. The predicted molar refractivity (Wildman–Crippen MR) is 114 cm³/mol. The van der Waals surface area contributed by atoms with Crippen LogP contribution in [-0.4, -0.2) is 38.4 Å². The Morgan fingerprint density at radius 1 is 1.27 bits per heavy atom. The number of para-hydroxylation sites is 1. The van der Waals surface area contributed by atoms with Gasteiger partial charge in [-0.15, -0.1) is 10.2 Å². The summed E-state index contributed by atoms with van der Waals surface area (Å²) in [6, 6.07) is 12.4. The van der Waals surface area contributed by atoms with Crippen molar-refractivity contribution in [3.8, 4) is 17.1 Å². The molecule has 1 fully saturated rings. The molecule has 2 aromatic heterocycles. The fourth-order valence-electron chi connectivity index (χ4n) is 3.58. The number of hydrogen-bond acceptors (Lipinski definition) is 5. The van der Waals surface area contributed by atoms with Gasteiger partial charge in [0.05, 0.1) is 18.4 Å². The van der Waals surface area contributed by atoms with Crippen molar-refractivity contribution in [3.63, 3.8) is 0 Å². The van der Waals surface area contributed by atoms with Gasteiger partial charge in [-0.1, -0.05) is 30.0 Å². The lowest BCUT2D eigenvalue weighted by Crippen LogP contribution is -2.07. The Kier molecular flexibility index (Phi) is 4.78. The maximum atomic E-state index is 13.6. The lowest BCUT2D eigenvalue weighted by molar-refractivity contribution is 0.101. The summed E-state index contributed by atoms with van der Waals surface area (Å²) in [5, 5.41) is 10.6. The molecule has 0 saturated heterocycles. The first-order valence-electron chi connectivity index (χ1n) is 9.66. The first kappa shape index (κ1) is 18.9. The number of nitrogens with one attached hydrogen (secondary N) is 1. The third-order valence-electron chi connectivity index (χ3n) is 5.20. The summed E-state index contributed by atoms with van der Waals surface area (Å²) in [6.07, 6.45) is 4.07. The standard InChI is InChI=1S/C22H19FN4O2S/c1-29-20-9-6-13(23)10-16(20)19(28)12-30-22-26-25-21(27(22)14-7-8-14)17-11-24-18-5-3-2-4-15(17)18/h2-6,9-11,14,24H,7-8,12H2,1H3. The van der Waals surface area contributed by atoms with Crippen molar-refractivity contribution in [2.24, 2.45) is 0 Å². The molecule has 2 heterocycles. The molecule has 8 heteroatoms. The molecule has 1 N–H and O–H groups in total. The van der Waals surface area contributed by atoms with Crippen LogP contribution >= 0.6 is 11.8 Å². The molecule has 5 rings (SSSR count). The Balaban J connectivity index is 1.44. The van der Waals surface area contributed by atoms with Crippen molar-refractivity contribution in [2.75, 3.05) is 12.9 Å². The number of thioether (sulfide) groups is 1. The molecule has 152 valence electrons. The van der Waals surface area contributed by atoms with E-state index in [9.17, 15) is 9.18 Å². The van der Waals surface area contributed by atoms with Gasteiger partial charge in [0.2, 0.25) is 0 Å². The predicted octanol–water partition coefficient (Wildman–Crippen LogP) is 4.88. The lowest BCUT2D eigenvalue weighted by atomic mass is 10.1. The second-order valence-electron chi connectivity index (χ2n) is 7.21. The van der Waals surface area contributed by atoms with E-state index in [2.05, 4.69) is 25.8 Å². The minimum atomic E-state index is -0.466. The van der Waals surface area contributed by atoms with Gasteiger partial charge in [-0.25, -0.2) is 4.39 Å². The van der Waals surface area contributed by atoms with Gasteiger partial charge in [0.15, 0.2) is 16.8 Å². The van der Waals surface area contributed by atoms with Gasteiger partial charge in [-0.2, -0.15) is 0 Å². The average molecular weight is 422 g/mol. The van der Waals surface area contributed by atoms with E-state index in [1.54, 1.807) is 0 Å². The zero-order valence-corrected chi connectivity index (χ0v) is 17.1. The summed E-state index contributed by atoms with van der Waals surface area (Å²) in [7, 11) is 1.47. The first-order chi connectivity index (χ1) is 14.7. The number of H-pyrrole nitrogens is 1. The van der Waals surface area contributed by atoms with Crippen molar-refractivity contribution in [3.05, 3.63) is 60.0 Å². The van der Waals surface area contributed by atoms with E-state index in [0.717, 1.165) is 35.1 Å². The lowest BCUT2D eigenvalue weighted by Gasteiger charge is -2.09. The summed E-state index contributed by atoms with van der Waals surface area (Å²) in [4.78, 5) is 16.0. The molecule has 0 atom stereocenters. The topological polar surface area (TPSA) is 72.8 Å². The Bertz CT molecular complexity index is 1250. The normalized spacial score (nSPS) is 13.7.